The Labute approximate surface area is 69.5 Å². The molecule has 6 heteroatoms. The van der Waals surface area contributed by atoms with Crippen LogP contribution in [0.2, 0.25) is 0 Å². The fourth-order valence-electron chi connectivity index (χ4n) is 1.26. The minimum Gasteiger partial charge on any atom is -0.392 e. The molecule has 68 valence electrons. The van der Waals surface area contributed by atoms with Gasteiger partial charge in [-0.05, 0) is 0 Å². The van der Waals surface area contributed by atoms with E-state index in [1.165, 1.54) is 5.01 Å². The molecule has 0 aromatic heterocycles. The molecule has 0 aromatic carbocycles. The summed E-state index contributed by atoms with van der Waals surface area (Å²) in [7, 11) is 0. The maximum Gasteiger partial charge on any atom is 0.221 e. The first-order valence-electron chi connectivity index (χ1n) is 3.62. The first-order chi connectivity index (χ1) is 5.77. The highest BCUT2D eigenvalue weighted by Gasteiger charge is 2.30. The number of amides is 2. The summed E-state index contributed by atoms with van der Waals surface area (Å²) in [5.74, 6) is 0. The summed E-state index contributed by atoms with van der Waals surface area (Å²) in [6, 6.07) is 0. The SMILES string of the molecule is O=CNC1CC(O)CN1NC=O. The molecular formula is C6H11N3O3. The summed E-state index contributed by atoms with van der Waals surface area (Å²) in [5, 5.41) is 13.1. The summed E-state index contributed by atoms with van der Waals surface area (Å²) < 4.78 is 0. The van der Waals surface area contributed by atoms with Gasteiger partial charge in [0, 0.05) is 13.0 Å². The summed E-state index contributed by atoms with van der Waals surface area (Å²) in [6.45, 7) is 0.338. The second-order valence-electron chi connectivity index (χ2n) is 2.59. The molecule has 0 aromatic rings. The van der Waals surface area contributed by atoms with Crippen LogP contribution in [0.3, 0.4) is 0 Å². The predicted molar refractivity (Wildman–Crippen MR) is 39.5 cm³/mol. The smallest absolute Gasteiger partial charge is 0.221 e. The summed E-state index contributed by atoms with van der Waals surface area (Å²) in [6.07, 6.45) is 0.678. The molecule has 2 atom stereocenters. The van der Waals surface area contributed by atoms with Crippen molar-refractivity contribution in [3.05, 3.63) is 0 Å². The predicted octanol–water partition coefficient (Wildman–Crippen LogP) is -2.21. The van der Waals surface area contributed by atoms with E-state index in [2.05, 4.69) is 10.7 Å². The van der Waals surface area contributed by atoms with Crippen molar-refractivity contribution in [1.82, 2.24) is 15.8 Å². The van der Waals surface area contributed by atoms with Crippen LogP contribution in [0.5, 0.6) is 0 Å². The lowest BCUT2D eigenvalue weighted by molar-refractivity contribution is -0.117. The van der Waals surface area contributed by atoms with Crippen LogP contribution in [0.4, 0.5) is 0 Å². The van der Waals surface area contributed by atoms with E-state index < -0.39 is 6.10 Å². The molecule has 0 saturated carbocycles. The van der Waals surface area contributed by atoms with Gasteiger partial charge in [0.05, 0.1) is 6.10 Å². The number of nitrogens with zero attached hydrogens (tertiary/aromatic N) is 1. The van der Waals surface area contributed by atoms with Gasteiger partial charge in [-0.3, -0.25) is 15.0 Å². The molecule has 1 aliphatic heterocycles. The van der Waals surface area contributed by atoms with Crippen molar-refractivity contribution in [3.63, 3.8) is 0 Å². The summed E-state index contributed by atoms with van der Waals surface area (Å²) >= 11 is 0. The monoisotopic (exact) mass is 173 g/mol. The highest BCUT2D eigenvalue weighted by molar-refractivity contribution is 5.48. The van der Waals surface area contributed by atoms with E-state index >= 15 is 0 Å². The fraction of sp³-hybridized carbons (Fsp3) is 0.667. The normalized spacial score (nSPS) is 29.8. The van der Waals surface area contributed by atoms with Gasteiger partial charge in [0.1, 0.15) is 6.17 Å². The van der Waals surface area contributed by atoms with E-state index in [1.54, 1.807) is 0 Å². The third-order valence-electron chi connectivity index (χ3n) is 1.76. The lowest BCUT2D eigenvalue weighted by Gasteiger charge is -2.21. The van der Waals surface area contributed by atoms with E-state index in [-0.39, 0.29) is 6.17 Å². The van der Waals surface area contributed by atoms with Crippen molar-refractivity contribution in [1.29, 1.82) is 0 Å². The topological polar surface area (TPSA) is 81.7 Å². The maximum absolute atomic E-state index is 10.1. The summed E-state index contributed by atoms with van der Waals surface area (Å²) in [5.41, 5.74) is 2.38. The molecule has 1 fully saturated rings. The molecule has 0 spiro atoms. The Morgan fingerprint density at radius 1 is 1.42 bits per heavy atom. The molecule has 0 bridgehead atoms. The average Bonchev–Trinajstić information content (AvgIpc) is 2.33. The Kier molecular flexibility index (Phi) is 3.01. The van der Waals surface area contributed by atoms with Crippen molar-refractivity contribution in [2.24, 2.45) is 0 Å². The zero-order valence-electron chi connectivity index (χ0n) is 6.43. The maximum atomic E-state index is 10.1. The van der Waals surface area contributed by atoms with Gasteiger partial charge in [-0.15, -0.1) is 0 Å². The van der Waals surface area contributed by atoms with E-state index in [4.69, 9.17) is 5.11 Å². The zero-order valence-corrected chi connectivity index (χ0v) is 6.43. The lowest BCUT2D eigenvalue weighted by Crippen LogP contribution is -2.47. The third kappa shape index (κ3) is 1.93. The van der Waals surface area contributed by atoms with E-state index in [0.29, 0.717) is 25.8 Å². The fourth-order valence-corrected chi connectivity index (χ4v) is 1.26. The van der Waals surface area contributed by atoms with E-state index in [9.17, 15) is 9.59 Å². The Balaban J connectivity index is 2.46. The van der Waals surface area contributed by atoms with Crippen LogP contribution in [0.15, 0.2) is 0 Å². The van der Waals surface area contributed by atoms with Crippen LogP contribution >= 0.6 is 0 Å². The quantitative estimate of drug-likeness (QED) is 0.421. The van der Waals surface area contributed by atoms with Crippen molar-refractivity contribution in [2.75, 3.05) is 6.54 Å². The summed E-state index contributed by atoms with van der Waals surface area (Å²) in [4.78, 5) is 20.1. The first kappa shape index (κ1) is 8.95. The Hall–Kier alpha value is -1.14. The minimum absolute atomic E-state index is 0.303. The molecule has 2 amide bonds. The van der Waals surface area contributed by atoms with Crippen molar-refractivity contribution in [3.8, 4) is 0 Å². The highest BCUT2D eigenvalue weighted by Crippen LogP contribution is 2.11. The van der Waals surface area contributed by atoms with Crippen LogP contribution in [-0.2, 0) is 9.59 Å². The molecule has 0 radical (unpaired) electrons. The number of rotatable bonds is 4. The van der Waals surface area contributed by atoms with Gasteiger partial charge in [0.15, 0.2) is 0 Å². The molecular weight excluding hydrogens is 162 g/mol. The van der Waals surface area contributed by atoms with Crippen LogP contribution in [0.1, 0.15) is 6.42 Å². The van der Waals surface area contributed by atoms with E-state index in [1.807, 2.05) is 0 Å². The Morgan fingerprint density at radius 3 is 2.75 bits per heavy atom. The number of aliphatic hydroxyl groups excluding tert-OH is 1. The number of hydrazine groups is 1. The highest BCUT2D eigenvalue weighted by atomic mass is 16.3. The van der Waals surface area contributed by atoms with Crippen molar-refractivity contribution >= 4 is 12.8 Å². The molecule has 2 unspecified atom stereocenters. The second-order valence-corrected chi connectivity index (χ2v) is 2.59. The number of carbonyl (C=O) groups excluding carboxylic acids is 2. The Bertz CT molecular complexity index is 157. The first-order valence-corrected chi connectivity index (χ1v) is 3.62. The van der Waals surface area contributed by atoms with Gasteiger partial charge < -0.3 is 10.4 Å². The number of carbonyl (C=O) groups is 2. The lowest BCUT2D eigenvalue weighted by atomic mass is 10.3. The van der Waals surface area contributed by atoms with Crippen molar-refractivity contribution < 1.29 is 14.7 Å². The van der Waals surface area contributed by atoms with Gasteiger partial charge in [-0.25, -0.2) is 0 Å². The average molecular weight is 173 g/mol. The molecule has 3 N–H and O–H groups in total. The molecule has 1 saturated heterocycles. The number of hydrogen-bond acceptors (Lipinski definition) is 4. The zero-order chi connectivity index (χ0) is 8.97. The van der Waals surface area contributed by atoms with Gasteiger partial charge >= 0.3 is 0 Å². The molecule has 12 heavy (non-hydrogen) atoms. The molecule has 1 rings (SSSR count). The standard InChI is InChI=1S/C6H11N3O3/c10-3-7-6-1-5(12)2-9(6)8-4-11/h3-6,12H,1-2H2,(H,7,10)(H,8,11). The molecule has 6 nitrogen and oxygen atoms in total. The largest absolute Gasteiger partial charge is 0.392 e. The van der Waals surface area contributed by atoms with Crippen LogP contribution < -0.4 is 10.7 Å². The van der Waals surface area contributed by atoms with Crippen molar-refractivity contribution in [2.45, 2.75) is 18.7 Å². The number of β-amino-alcohol motifs (C(OH)–C–C–N with tert-alkyl or cyclic N) is 1. The van der Waals surface area contributed by atoms with Gasteiger partial charge in [0.2, 0.25) is 12.8 Å². The van der Waals surface area contributed by atoms with Gasteiger partial charge in [0.25, 0.3) is 0 Å². The van der Waals surface area contributed by atoms with Crippen LogP contribution in [0, 0.1) is 0 Å². The van der Waals surface area contributed by atoms with E-state index in [0.717, 1.165) is 0 Å². The number of aliphatic hydroxyl groups is 1. The number of hydrogen-bond donors (Lipinski definition) is 3. The molecule has 1 heterocycles. The Morgan fingerprint density at radius 2 is 2.17 bits per heavy atom. The van der Waals surface area contributed by atoms with Gasteiger partial charge in [-0.2, -0.15) is 5.01 Å². The van der Waals surface area contributed by atoms with Crippen LogP contribution in [0.25, 0.3) is 0 Å². The van der Waals surface area contributed by atoms with Gasteiger partial charge in [-0.1, -0.05) is 0 Å². The van der Waals surface area contributed by atoms with Crippen LogP contribution in [-0.4, -0.2) is 41.8 Å². The molecule has 0 aliphatic carbocycles. The minimum atomic E-state index is -0.505. The second kappa shape index (κ2) is 4.03. The number of nitrogens with one attached hydrogen (secondary N) is 2. The third-order valence-corrected chi connectivity index (χ3v) is 1.76. The molecule has 1 aliphatic rings.